The normalized spacial score (nSPS) is 21.3. The van der Waals surface area contributed by atoms with E-state index < -0.39 is 5.41 Å². The summed E-state index contributed by atoms with van der Waals surface area (Å²) in [6.45, 7) is 0.608. The van der Waals surface area contributed by atoms with Crippen molar-refractivity contribution in [2.45, 2.75) is 18.3 Å². The third-order valence-electron chi connectivity index (χ3n) is 3.50. The van der Waals surface area contributed by atoms with Crippen LogP contribution in [0.3, 0.4) is 0 Å². The zero-order chi connectivity index (χ0) is 13.3. The molecule has 1 unspecified atom stereocenters. The molecule has 2 nitrogen and oxygen atoms in total. The Morgan fingerprint density at radius 3 is 3.00 bits per heavy atom. The topological polar surface area (TPSA) is 33.0 Å². The van der Waals surface area contributed by atoms with Gasteiger partial charge in [-0.3, -0.25) is 0 Å². The highest BCUT2D eigenvalue weighted by atomic mass is 79.9. The standard InChI is InChI=1S/C15H12BrNOS/c16-11-7-12(19-9-11)8-15(10-17)5-6-18-14-4-2-1-3-13(14)15/h1-4,7,9H,5-6,8H2. The van der Waals surface area contributed by atoms with Crippen LogP contribution in [0.15, 0.2) is 40.2 Å². The third kappa shape index (κ3) is 2.29. The Hall–Kier alpha value is -1.31. The summed E-state index contributed by atoms with van der Waals surface area (Å²) >= 11 is 5.16. The monoisotopic (exact) mass is 333 g/mol. The second-order valence-electron chi connectivity index (χ2n) is 4.70. The summed E-state index contributed by atoms with van der Waals surface area (Å²) in [4.78, 5) is 1.23. The number of fused-ring (bicyclic) bond motifs is 1. The third-order valence-corrected chi connectivity index (χ3v) is 5.20. The lowest BCUT2D eigenvalue weighted by atomic mass is 9.74. The molecular weight excluding hydrogens is 322 g/mol. The van der Waals surface area contributed by atoms with Crippen molar-refractivity contribution in [2.24, 2.45) is 0 Å². The number of thiophene rings is 1. The number of nitriles is 1. The molecule has 0 saturated heterocycles. The van der Waals surface area contributed by atoms with E-state index in [1.807, 2.05) is 24.3 Å². The van der Waals surface area contributed by atoms with Gasteiger partial charge >= 0.3 is 0 Å². The number of nitrogens with zero attached hydrogens (tertiary/aromatic N) is 1. The van der Waals surface area contributed by atoms with Crippen molar-refractivity contribution in [3.8, 4) is 11.8 Å². The van der Waals surface area contributed by atoms with Crippen LogP contribution < -0.4 is 4.74 Å². The lowest BCUT2D eigenvalue weighted by Crippen LogP contribution is -2.33. The first-order valence-corrected chi connectivity index (χ1v) is 7.77. The molecule has 0 radical (unpaired) electrons. The molecule has 0 N–H and O–H groups in total. The molecule has 4 heteroatoms. The van der Waals surface area contributed by atoms with Gasteiger partial charge in [0.05, 0.1) is 18.1 Å². The molecule has 0 bridgehead atoms. The van der Waals surface area contributed by atoms with E-state index in [1.165, 1.54) is 4.88 Å². The largest absolute Gasteiger partial charge is 0.493 e. The Morgan fingerprint density at radius 1 is 1.42 bits per heavy atom. The van der Waals surface area contributed by atoms with Crippen molar-refractivity contribution in [2.75, 3.05) is 6.61 Å². The minimum Gasteiger partial charge on any atom is -0.493 e. The first-order valence-electron chi connectivity index (χ1n) is 6.10. The second-order valence-corrected chi connectivity index (χ2v) is 6.61. The highest BCUT2D eigenvalue weighted by Gasteiger charge is 2.38. The zero-order valence-electron chi connectivity index (χ0n) is 10.2. The second kappa shape index (κ2) is 4.99. The summed E-state index contributed by atoms with van der Waals surface area (Å²) < 4.78 is 6.75. The highest BCUT2D eigenvalue weighted by molar-refractivity contribution is 9.10. The van der Waals surface area contributed by atoms with Crippen molar-refractivity contribution in [3.63, 3.8) is 0 Å². The van der Waals surface area contributed by atoms with E-state index in [2.05, 4.69) is 33.4 Å². The van der Waals surface area contributed by atoms with Gasteiger partial charge < -0.3 is 4.74 Å². The van der Waals surface area contributed by atoms with Crippen LogP contribution in [0.25, 0.3) is 0 Å². The molecular formula is C15H12BrNOS. The van der Waals surface area contributed by atoms with Gasteiger partial charge in [0, 0.05) is 33.1 Å². The Morgan fingerprint density at radius 2 is 2.26 bits per heavy atom. The average Bonchev–Trinajstić information content (AvgIpc) is 2.84. The number of benzene rings is 1. The molecule has 3 rings (SSSR count). The molecule has 2 heterocycles. The molecule has 0 saturated carbocycles. The maximum atomic E-state index is 9.74. The molecule has 2 aromatic rings. The van der Waals surface area contributed by atoms with E-state index in [1.54, 1.807) is 11.3 Å². The smallest absolute Gasteiger partial charge is 0.124 e. The van der Waals surface area contributed by atoms with Crippen LogP contribution in [0.1, 0.15) is 16.9 Å². The van der Waals surface area contributed by atoms with Crippen LogP contribution in [0.4, 0.5) is 0 Å². The lowest BCUT2D eigenvalue weighted by molar-refractivity contribution is 0.241. The fraction of sp³-hybridized carbons (Fsp3) is 0.267. The highest BCUT2D eigenvalue weighted by Crippen LogP contribution is 2.41. The summed E-state index contributed by atoms with van der Waals surface area (Å²) in [6, 6.07) is 12.5. The first kappa shape index (κ1) is 12.7. The van der Waals surface area contributed by atoms with Crippen LogP contribution in [-0.4, -0.2) is 6.61 Å². The molecule has 1 aromatic carbocycles. The first-order chi connectivity index (χ1) is 9.23. The average molecular weight is 334 g/mol. The number of rotatable bonds is 2. The summed E-state index contributed by atoms with van der Waals surface area (Å²) in [6.07, 6.45) is 1.50. The van der Waals surface area contributed by atoms with Gasteiger partial charge in [-0.2, -0.15) is 5.26 Å². The van der Waals surface area contributed by atoms with Gasteiger partial charge in [-0.1, -0.05) is 18.2 Å². The van der Waals surface area contributed by atoms with Gasteiger partial charge in [-0.15, -0.1) is 11.3 Å². The van der Waals surface area contributed by atoms with E-state index in [4.69, 9.17) is 4.74 Å². The molecule has 0 aliphatic carbocycles. The molecule has 0 fully saturated rings. The van der Waals surface area contributed by atoms with E-state index >= 15 is 0 Å². The summed E-state index contributed by atoms with van der Waals surface area (Å²) in [7, 11) is 0. The lowest BCUT2D eigenvalue weighted by Gasteiger charge is -2.32. The van der Waals surface area contributed by atoms with Gasteiger partial charge in [0.2, 0.25) is 0 Å². The molecule has 1 aliphatic heterocycles. The van der Waals surface area contributed by atoms with Crippen molar-refractivity contribution in [1.82, 2.24) is 0 Å². The molecule has 0 spiro atoms. The van der Waals surface area contributed by atoms with Crippen LogP contribution in [0.5, 0.6) is 5.75 Å². The predicted octanol–water partition coefficient (Wildman–Crippen LogP) is 4.30. The number of para-hydroxylation sites is 1. The minimum atomic E-state index is -0.459. The Bertz CT molecular complexity index is 646. The quantitative estimate of drug-likeness (QED) is 0.820. The summed E-state index contributed by atoms with van der Waals surface area (Å²) in [5, 5.41) is 11.8. The van der Waals surface area contributed by atoms with Gasteiger partial charge in [-0.05, 0) is 28.1 Å². The van der Waals surface area contributed by atoms with Gasteiger partial charge in [0.1, 0.15) is 5.75 Å². The SMILES string of the molecule is N#CC1(Cc2cc(Br)cs2)CCOc2ccccc21. The van der Waals surface area contributed by atoms with Crippen molar-refractivity contribution >= 4 is 27.3 Å². The van der Waals surface area contributed by atoms with Gasteiger partial charge in [0.15, 0.2) is 0 Å². The molecule has 1 aliphatic rings. The Balaban J connectivity index is 2.03. The zero-order valence-corrected chi connectivity index (χ0v) is 12.6. The predicted molar refractivity (Wildman–Crippen MR) is 79.6 cm³/mol. The van der Waals surface area contributed by atoms with Crippen LogP contribution in [0.2, 0.25) is 0 Å². The summed E-state index contributed by atoms with van der Waals surface area (Å²) in [5.74, 6) is 0.853. The molecule has 96 valence electrons. The molecule has 19 heavy (non-hydrogen) atoms. The number of halogens is 1. The van der Waals surface area contributed by atoms with Crippen molar-refractivity contribution in [1.29, 1.82) is 5.26 Å². The van der Waals surface area contributed by atoms with Crippen LogP contribution in [-0.2, 0) is 11.8 Å². The maximum absolute atomic E-state index is 9.74. The van der Waals surface area contributed by atoms with Crippen LogP contribution >= 0.6 is 27.3 Å². The van der Waals surface area contributed by atoms with E-state index in [9.17, 15) is 5.26 Å². The minimum absolute atomic E-state index is 0.459. The molecule has 0 amide bonds. The van der Waals surface area contributed by atoms with Crippen molar-refractivity contribution < 1.29 is 4.74 Å². The van der Waals surface area contributed by atoms with E-state index in [0.29, 0.717) is 6.61 Å². The maximum Gasteiger partial charge on any atom is 0.124 e. The fourth-order valence-corrected chi connectivity index (χ4v) is 4.11. The molecule has 1 aromatic heterocycles. The number of hydrogen-bond acceptors (Lipinski definition) is 3. The Labute approximate surface area is 124 Å². The van der Waals surface area contributed by atoms with Crippen LogP contribution in [0, 0.1) is 11.3 Å². The van der Waals surface area contributed by atoms with Gasteiger partial charge in [-0.25, -0.2) is 0 Å². The van der Waals surface area contributed by atoms with Gasteiger partial charge in [0.25, 0.3) is 0 Å². The van der Waals surface area contributed by atoms with E-state index in [0.717, 1.165) is 28.6 Å². The fourth-order valence-electron chi connectivity index (χ4n) is 2.54. The number of hydrogen-bond donors (Lipinski definition) is 0. The number of ether oxygens (including phenoxy) is 1. The van der Waals surface area contributed by atoms with Crippen molar-refractivity contribution in [3.05, 3.63) is 50.6 Å². The van der Waals surface area contributed by atoms with E-state index in [-0.39, 0.29) is 0 Å². The Kier molecular flexibility index (Phi) is 3.34. The molecule has 1 atom stereocenters. The summed E-state index contributed by atoms with van der Waals surface area (Å²) in [5.41, 5.74) is 0.562.